The fourth-order valence-corrected chi connectivity index (χ4v) is 4.72. The highest BCUT2D eigenvalue weighted by atomic mass is 32.1. The summed E-state index contributed by atoms with van der Waals surface area (Å²) in [5, 5.41) is 5.04. The molecule has 4 aromatic rings. The number of imidazole rings is 1. The summed E-state index contributed by atoms with van der Waals surface area (Å²) < 4.78 is 2.14. The Morgan fingerprint density at radius 2 is 2.07 bits per heavy atom. The number of thiazole rings is 1. The lowest BCUT2D eigenvalue weighted by atomic mass is 9.89. The van der Waals surface area contributed by atoms with Crippen molar-refractivity contribution in [2.45, 2.75) is 25.8 Å². The molecular formula is C22H19N3OS. The van der Waals surface area contributed by atoms with E-state index in [2.05, 4.69) is 71.4 Å². The molecule has 0 spiro atoms. The van der Waals surface area contributed by atoms with Crippen LogP contribution in [0.25, 0.3) is 16.1 Å². The Labute approximate surface area is 161 Å². The first-order chi connectivity index (χ1) is 13.2. The van der Waals surface area contributed by atoms with Crippen LogP contribution in [0.2, 0.25) is 0 Å². The van der Waals surface area contributed by atoms with Crippen LogP contribution in [0.15, 0.2) is 60.1 Å². The number of carbonyl (C=O) groups is 1. The number of aromatic nitrogens is 2. The lowest BCUT2D eigenvalue weighted by molar-refractivity contribution is -0.121. The van der Waals surface area contributed by atoms with Crippen LogP contribution in [-0.2, 0) is 11.3 Å². The zero-order valence-corrected chi connectivity index (χ0v) is 15.8. The first-order valence-corrected chi connectivity index (χ1v) is 9.95. The fraction of sp³-hybridized carbons (Fsp3) is 0.182. The molecular weight excluding hydrogens is 354 g/mol. The molecule has 0 bridgehead atoms. The Kier molecular flexibility index (Phi) is 3.83. The Hall–Kier alpha value is -2.92. The molecule has 1 atom stereocenters. The maximum Gasteiger partial charge on any atom is 0.221 e. The van der Waals surface area contributed by atoms with E-state index in [0.29, 0.717) is 13.0 Å². The van der Waals surface area contributed by atoms with E-state index in [1.54, 1.807) is 11.3 Å². The summed E-state index contributed by atoms with van der Waals surface area (Å²) in [6, 6.07) is 17.0. The normalized spacial score (nSPS) is 16.8. The van der Waals surface area contributed by atoms with Crippen molar-refractivity contribution in [3.05, 3.63) is 82.6 Å². The molecule has 5 heteroatoms. The van der Waals surface area contributed by atoms with Gasteiger partial charge in [-0.25, -0.2) is 4.98 Å². The first kappa shape index (κ1) is 16.3. The van der Waals surface area contributed by atoms with Crippen molar-refractivity contribution in [1.82, 2.24) is 14.7 Å². The van der Waals surface area contributed by atoms with Crippen LogP contribution in [-0.4, -0.2) is 15.3 Å². The van der Waals surface area contributed by atoms with Crippen molar-refractivity contribution in [3.63, 3.8) is 0 Å². The summed E-state index contributed by atoms with van der Waals surface area (Å²) in [7, 11) is 0. The summed E-state index contributed by atoms with van der Waals surface area (Å²) in [6.45, 7) is 2.63. The molecule has 3 heterocycles. The van der Waals surface area contributed by atoms with Crippen molar-refractivity contribution in [2.24, 2.45) is 0 Å². The smallest absolute Gasteiger partial charge is 0.221 e. The Morgan fingerprint density at radius 3 is 2.96 bits per heavy atom. The Bertz CT molecular complexity index is 1160. The molecule has 134 valence electrons. The quantitative estimate of drug-likeness (QED) is 0.561. The van der Waals surface area contributed by atoms with Crippen molar-refractivity contribution in [1.29, 1.82) is 0 Å². The highest BCUT2D eigenvalue weighted by Gasteiger charge is 2.29. The first-order valence-electron chi connectivity index (χ1n) is 9.07. The van der Waals surface area contributed by atoms with E-state index in [9.17, 15) is 4.79 Å². The fourth-order valence-electron chi connectivity index (χ4n) is 3.98. The number of nitrogens with zero attached hydrogens (tertiary/aromatic N) is 2. The van der Waals surface area contributed by atoms with Crippen LogP contribution in [0.1, 0.15) is 34.9 Å². The maximum absolute atomic E-state index is 12.4. The third kappa shape index (κ3) is 2.75. The molecule has 1 aliphatic rings. The largest absolute Gasteiger partial charge is 0.350 e. The van der Waals surface area contributed by atoms with Crippen LogP contribution in [0, 0.1) is 6.92 Å². The van der Waals surface area contributed by atoms with E-state index < -0.39 is 0 Å². The van der Waals surface area contributed by atoms with Gasteiger partial charge >= 0.3 is 0 Å². The molecule has 0 unspecified atom stereocenters. The average molecular weight is 373 g/mol. The lowest BCUT2D eigenvalue weighted by Crippen LogP contribution is -2.21. The summed E-state index contributed by atoms with van der Waals surface area (Å²) in [4.78, 5) is 18.1. The molecule has 4 nitrogen and oxygen atoms in total. The number of hydrogen-bond acceptors (Lipinski definition) is 3. The molecule has 0 saturated heterocycles. The second kappa shape index (κ2) is 6.35. The van der Waals surface area contributed by atoms with Gasteiger partial charge in [-0.05, 0) is 29.2 Å². The van der Waals surface area contributed by atoms with Crippen LogP contribution >= 0.6 is 11.3 Å². The van der Waals surface area contributed by atoms with Gasteiger partial charge in [0, 0.05) is 23.9 Å². The molecule has 27 heavy (non-hydrogen) atoms. The minimum atomic E-state index is -0.00364. The minimum Gasteiger partial charge on any atom is -0.350 e. The van der Waals surface area contributed by atoms with Gasteiger partial charge in [0.25, 0.3) is 0 Å². The minimum absolute atomic E-state index is 0.00364. The monoisotopic (exact) mass is 373 g/mol. The van der Waals surface area contributed by atoms with Gasteiger partial charge in [0.05, 0.1) is 17.9 Å². The van der Waals surface area contributed by atoms with Gasteiger partial charge in [-0.1, -0.05) is 48.5 Å². The standard InChI is InChI=1S/C22H19N3OS/c1-14-5-2-3-8-17(14)15-6-4-7-16(11-15)18-12-20(26)23-13-19-21(18)25-9-10-27-22(25)24-19/h2-11,18H,12-13H2,1H3,(H,23,26)/t18-/m0/s1. The number of nitrogens with one attached hydrogen (secondary N) is 1. The van der Waals surface area contributed by atoms with Crippen LogP contribution in [0.4, 0.5) is 0 Å². The predicted octanol–water partition coefficient (Wildman–Crippen LogP) is 4.52. The van der Waals surface area contributed by atoms with E-state index >= 15 is 0 Å². The van der Waals surface area contributed by atoms with Crippen LogP contribution in [0.5, 0.6) is 0 Å². The number of amides is 1. The summed E-state index contributed by atoms with van der Waals surface area (Å²) >= 11 is 1.63. The van der Waals surface area contributed by atoms with Crippen molar-refractivity contribution < 1.29 is 4.79 Å². The summed E-state index contributed by atoms with van der Waals surface area (Å²) in [5.74, 6) is 0.0688. The second-order valence-corrected chi connectivity index (χ2v) is 7.85. The number of aryl methyl sites for hydroxylation is 1. The molecule has 2 aromatic carbocycles. The Morgan fingerprint density at radius 1 is 1.19 bits per heavy atom. The lowest BCUT2D eigenvalue weighted by Gasteiger charge is -2.17. The molecule has 0 saturated carbocycles. The number of hydrogen-bond donors (Lipinski definition) is 1. The molecule has 1 amide bonds. The van der Waals surface area contributed by atoms with Gasteiger partial charge in [-0.15, -0.1) is 11.3 Å². The second-order valence-electron chi connectivity index (χ2n) is 6.97. The number of carbonyl (C=O) groups excluding carboxylic acids is 1. The molecule has 0 fully saturated rings. The van der Waals surface area contributed by atoms with E-state index in [-0.39, 0.29) is 11.8 Å². The topological polar surface area (TPSA) is 46.4 Å². The average Bonchev–Trinajstić information content (AvgIpc) is 3.22. The van der Waals surface area contributed by atoms with Crippen LogP contribution < -0.4 is 5.32 Å². The molecule has 0 aliphatic carbocycles. The number of benzene rings is 2. The van der Waals surface area contributed by atoms with Crippen molar-refractivity contribution in [3.8, 4) is 11.1 Å². The van der Waals surface area contributed by atoms with E-state index in [4.69, 9.17) is 4.98 Å². The summed E-state index contributed by atoms with van der Waals surface area (Å²) in [6.07, 6.45) is 2.49. The van der Waals surface area contributed by atoms with Crippen molar-refractivity contribution >= 4 is 22.2 Å². The van der Waals surface area contributed by atoms with Gasteiger partial charge < -0.3 is 5.32 Å². The Balaban J connectivity index is 1.67. The highest BCUT2D eigenvalue weighted by Crippen LogP contribution is 2.36. The third-order valence-corrected chi connectivity index (χ3v) is 6.05. The van der Waals surface area contributed by atoms with Crippen molar-refractivity contribution in [2.75, 3.05) is 0 Å². The molecule has 5 rings (SSSR count). The maximum atomic E-state index is 12.4. The zero-order valence-electron chi connectivity index (χ0n) is 15.0. The van der Waals surface area contributed by atoms with Gasteiger partial charge in [-0.3, -0.25) is 9.20 Å². The molecule has 1 aliphatic heterocycles. The van der Waals surface area contributed by atoms with E-state index in [0.717, 1.165) is 21.9 Å². The van der Waals surface area contributed by atoms with Gasteiger partial charge in [0.1, 0.15) is 0 Å². The zero-order chi connectivity index (χ0) is 18.4. The van der Waals surface area contributed by atoms with E-state index in [1.807, 2.05) is 5.38 Å². The third-order valence-electron chi connectivity index (χ3n) is 5.29. The SMILES string of the molecule is Cc1ccccc1-c1cccc([C@@H]2CC(=O)NCc3nc4sccn4c32)c1. The van der Waals surface area contributed by atoms with E-state index in [1.165, 1.54) is 16.7 Å². The number of fused-ring (bicyclic) bond motifs is 3. The molecule has 0 radical (unpaired) electrons. The van der Waals surface area contributed by atoms with Gasteiger partial charge in [0.2, 0.25) is 5.91 Å². The van der Waals surface area contributed by atoms with Gasteiger partial charge in [-0.2, -0.15) is 0 Å². The summed E-state index contributed by atoms with van der Waals surface area (Å²) in [5.41, 5.74) is 6.92. The predicted molar refractivity (Wildman–Crippen MR) is 108 cm³/mol. The highest BCUT2D eigenvalue weighted by molar-refractivity contribution is 7.15. The molecule has 1 N–H and O–H groups in total. The van der Waals surface area contributed by atoms with Crippen LogP contribution in [0.3, 0.4) is 0 Å². The number of rotatable bonds is 2. The van der Waals surface area contributed by atoms with Gasteiger partial charge in [0.15, 0.2) is 4.96 Å². The molecule has 2 aromatic heterocycles.